The first-order valence-electron chi connectivity index (χ1n) is 11.0. The Bertz CT molecular complexity index is 1330. The Kier molecular flexibility index (Phi) is 6.94. The van der Waals surface area contributed by atoms with E-state index < -0.39 is 0 Å². The third-order valence-corrected chi connectivity index (χ3v) is 5.42. The lowest BCUT2D eigenvalue weighted by Crippen LogP contribution is -2.19. The minimum Gasteiger partial charge on any atom is -0.322 e. The molecule has 0 aliphatic rings. The summed E-state index contributed by atoms with van der Waals surface area (Å²) in [4.78, 5) is 24.9. The van der Waals surface area contributed by atoms with Crippen LogP contribution in [-0.2, 0) is 0 Å². The van der Waals surface area contributed by atoms with Crippen molar-refractivity contribution in [2.45, 2.75) is 13.8 Å². The molecule has 0 spiro atoms. The van der Waals surface area contributed by atoms with Crippen molar-refractivity contribution >= 4 is 23.2 Å². The fourth-order valence-corrected chi connectivity index (χ4v) is 3.49. The quantitative estimate of drug-likeness (QED) is 0.278. The summed E-state index contributed by atoms with van der Waals surface area (Å²) in [5, 5.41) is 7.08. The van der Waals surface area contributed by atoms with Gasteiger partial charge in [-0.3, -0.25) is 9.59 Å². The minimum atomic E-state index is -0.322. The zero-order valence-electron chi connectivity index (χ0n) is 19.1. The van der Waals surface area contributed by atoms with Gasteiger partial charge in [0.15, 0.2) is 0 Å². The van der Waals surface area contributed by atoms with Gasteiger partial charge < -0.3 is 5.32 Å². The third-order valence-electron chi connectivity index (χ3n) is 5.42. The summed E-state index contributed by atoms with van der Waals surface area (Å²) in [6.45, 7) is 3.79. The van der Waals surface area contributed by atoms with Crippen LogP contribution in [0.4, 0.5) is 5.69 Å². The summed E-state index contributed by atoms with van der Waals surface area (Å²) in [6.07, 6.45) is 0. The zero-order valence-corrected chi connectivity index (χ0v) is 19.1. The number of carbonyl (C=O) groups is 2. The largest absolute Gasteiger partial charge is 0.322 e. The van der Waals surface area contributed by atoms with E-state index in [2.05, 4.69) is 28.0 Å². The van der Waals surface area contributed by atoms with E-state index in [1.807, 2.05) is 74.5 Å². The van der Waals surface area contributed by atoms with E-state index in [0.29, 0.717) is 22.5 Å². The molecular weight excluding hydrogens is 422 g/mol. The fourth-order valence-electron chi connectivity index (χ4n) is 3.49. The number of benzene rings is 4. The first-order chi connectivity index (χ1) is 16.5. The van der Waals surface area contributed by atoms with Gasteiger partial charge in [0.05, 0.1) is 5.71 Å². The Morgan fingerprint density at radius 2 is 1.29 bits per heavy atom. The molecule has 168 valence electrons. The molecule has 0 radical (unpaired) electrons. The Hall–Kier alpha value is -4.51. The smallest absolute Gasteiger partial charge is 0.271 e. The summed E-state index contributed by atoms with van der Waals surface area (Å²) in [5.74, 6) is -0.517. The molecule has 0 aliphatic heterocycles. The molecule has 34 heavy (non-hydrogen) atoms. The van der Waals surface area contributed by atoms with Crippen molar-refractivity contribution in [3.63, 3.8) is 0 Å². The van der Waals surface area contributed by atoms with Crippen molar-refractivity contribution in [2.75, 3.05) is 5.32 Å². The molecule has 0 unspecified atom stereocenters. The SMILES string of the molecule is C/C(=N\NC(=O)c1ccc(NC(=O)c2cccc(C)c2)cc1)c1ccc(-c2ccccc2)cc1. The third kappa shape index (κ3) is 5.64. The van der Waals surface area contributed by atoms with Crippen LogP contribution < -0.4 is 10.7 Å². The molecule has 0 aliphatic carbocycles. The molecule has 4 aromatic carbocycles. The van der Waals surface area contributed by atoms with Crippen LogP contribution in [0.15, 0.2) is 108 Å². The highest BCUT2D eigenvalue weighted by atomic mass is 16.2. The first kappa shape index (κ1) is 22.7. The van der Waals surface area contributed by atoms with Gasteiger partial charge in [-0.2, -0.15) is 5.10 Å². The summed E-state index contributed by atoms with van der Waals surface area (Å²) in [7, 11) is 0. The second kappa shape index (κ2) is 10.4. The van der Waals surface area contributed by atoms with Gasteiger partial charge in [-0.1, -0.05) is 72.3 Å². The number of hydrazone groups is 1. The lowest BCUT2D eigenvalue weighted by molar-refractivity contribution is 0.0954. The maximum Gasteiger partial charge on any atom is 0.271 e. The first-order valence-corrected chi connectivity index (χ1v) is 11.0. The fraction of sp³-hybridized carbons (Fsp3) is 0.0690. The Balaban J connectivity index is 1.36. The maximum atomic E-state index is 12.5. The molecular formula is C29H25N3O2. The van der Waals surface area contributed by atoms with Crippen LogP contribution in [0.25, 0.3) is 11.1 Å². The number of hydrogen-bond acceptors (Lipinski definition) is 3. The Morgan fingerprint density at radius 1 is 0.647 bits per heavy atom. The summed E-state index contributed by atoms with van der Waals surface area (Å²) in [6, 6.07) is 32.3. The Labute approximate surface area is 199 Å². The summed E-state index contributed by atoms with van der Waals surface area (Å²) < 4.78 is 0. The molecule has 0 bridgehead atoms. The molecule has 0 saturated heterocycles. The van der Waals surface area contributed by atoms with Crippen LogP contribution in [0.1, 0.15) is 38.8 Å². The molecule has 5 nitrogen and oxygen atoms in total. The number of nitrogens with zero attached hydrogens (tertiary/aromatic N) is 1. The van der Waals surface area contributed by atoms with Crippen molar-refractivity contribution < 1.29 is 9.59 Å². The lowest BCUT2D eigenvalue weighted by Gasteiger charge is -2.07. The summed E-state index contributed by atoms with van der Waals surface area (Å²) in [5.41, 5.74) is 9.16. The van der Waals surface area contributed by atoms with Crippen molar-refractivity contribution in [2.24, 2.45) is 5.10 Å². The van der Waals surface area contributed by atoms with Crippen LogP contribution in [0, 0.1) is 6.92 Å². The van der Waals surface area contributed by atoms with Gasteiger partial charge in [0.25, 0.3) is 11.8 Å². The van der Waals surface area contributed by atoms with Crippen molar-refractivity contribution in [1.82, 2.24) is 5.43 Å². The maximum absolute atomic E-state index is 12.5. The van der Waals surface area contributed by atoms with E-state index in [9.17, 15) is 9.59 Å². The number of nitrogens with one attached hydrogen (secondary N) is 2. The van der Waals surface area contributed by atoms with Gasteiger partial charge in [-0.05, 0) is 66.9 Å². The lowest BCUT2D eigenvalue weighted by atomic mass is 10.0. The minimum absolute atomic E-state index is 0.195. The van der Waals surface area contributed by atoms with E-state index in [1.165, 1.54) is 0 Å². The number of hydrogen-bond donors (Lipinski definition) is 2. The number of amides is 2. The second-order valence-electron chi connectivity index (χ2n) is 7.98. The van der Waals surface area contributed by atoms with E-state index >= 15 is 0 Å². The van der Waals surface area contributed by atoms with Gasteiger partial charge >= 0.3 is 0 Å². The van der Waals surface area contributed by atoms with Crippen LogP contribution in [0.2, 0.25) is 0 Å². The molecule has 2 N–H and O–H groups in total. The van der Waals surface area contributed by atoms with Crippen LogP contribution in [0.3, 0.4) is 0 Å². The molecule has 5 heteroatoms. The average Bonchev–Trinajstić information content (AvgIpc) is 2.88. The second-order valence-corrected chi connectivity index (χ2v) is 7.98. The molecule has 4 rings (SSSR count). The highest BCUT2D eigenvalue weighted by Gasteiger charge is 2.09. The molecule has 0 atom stereocenters. The monoisotopic (exact) mass is 447 g/mol. The predicted octanol–water partition coefficient (Wildman–Crippen LogP) is 6.07. The number of rotatable bonds is 6. The molecule has 0 aromatic heterocycles. The van der Waals surface area contributed by atoms with Gasteiger partial charge in [-0.15, -0.1) is 0 Å². The molecule has 2 amide bonds. The van der Waals surface area contributed by atoms with Crippen molar-refractivity contribution in [3.05, 3.63) is 125 Å². The predicted molar refractivity (Wildman–Crippen MR) is 137 cm³/mol. The van der Waals surface area contributed by atoms with E-state index in [1.54, 1.807) is 30.3 Å². The van der Waals surface area contributed by atoms with E-state index in [-0.39, 0.29) is 11.8 Å². The van der Waals surface area contributed by atoms with Crippen LogP contribution >= 0.6 is 0 Å². The highest BCUT2D eigenvalue weighted by molar-refractivity contribution is 6.05. The Morgan fingerprint density at radius 3 is 1.97 bits per heavy atom. The highest BCUT2D eigenvalue weighted by Crippen LogP contribution is 2.19. The van der Waals surface area contributed by atoms with Gasteiger partial charge in [0.2, 0.25) is 0 Å². The van der Waals surface area contributed by atoms with E-state index in [0.717, 1.165) is 22.3 Å². The van der Waals surface area contributed by atoms with Crippen molar-refractivity contribution in [1.29, 1.82) is 0 Å². The molecule has 0 fully saturated rings. The normalized spacial score (nSPS) is 11.1. The topological polar surface area (TPSA) is 70.6 Å². The molecule has 0 saturated carbocycles. The van der Waals surface area contributed by atoms with Crippen LogP contribution in [-0.4, -0.2) is 17.5 Å². The van der Waals surface area contributed by atoms with Gasteiger partial charge in [0.1, 0.15) is 0 Å². The number of anilines is 1. The summed E-state index contributed by atoms with van der Waals surface area (Å²) >= 11 is 0. The van der Waals surface area contributed by atoms with Crippen molar-refractivity contribution in [3.8, 4) is 11.1 Å². The van der Waals surface area contributed by atoms with Gasteiger partial charge in [0, 0.05) is 16.8 Å². The number of aryl methyl sites for hydroxylation is 1. The average molecular weight is 448 g/mol. The van der Waals surface area contributed by atoms with E-state index in [4.69, 9.17) is 0 Å². The molecule has 4 aromatic rings. The zero-order chi connectivity index (χ0) is 23.9. The van der Waals surface area contributed by atoms with Crippen LogP contribution in [0.5, 0.6) is 0 Å². The molecule has 0 heterocycles. The van der Waals surface area contributed by atoms with Gasteiger partial charge in [-0.25, -0.2) is 5.43 Å². The standard InChI is InChI=1S/C29H25N3O2/c1-20-7-6-10-26(19-20)28(33)30-27-17-15-25(16-18-27)29(34)32-31-21(2)22-11-13-24(14-12-22)23-8-4-3-5-9-23/h3-19H,1-2H3,(H,30,33)(H,32,34)/b31-21+. The number of carbonyl (C=O) groups excluding carboxylic acids is 2.